The molecule has 0 rings (SSSR count). The molecule has 4 heteroatoms. The van der Waals surface area contributed by atoms with Gasteiger partial charge < -0.3 is 5.73 Å². The molecule has 19 heavy (non-hydrogen) atoms. The molecule has 0 aliphatic carbocycles. The monoisotopic (exact) mass is 271 g/mol. The second-order valence-corrected chi connectivity index (χ2v) is 5.42. The molecular weight excluding hydrogens is 238 g/mol. The van der Waals surface area contributed by atoms with Gasteiger partial charge in [0.2, 0.25) is 0 Å². The summed E-state index contributed by atoms with van der Waals surface area (Å²) in [5, 5.41) is 1.09. The summed E-state index contributed by atoms with van der Waals surface area (Å²) in [6, 6.07) is -0.539. The van der Waals surface area contributed by atoms with E-state index in [1.54, 1.807) is 0 Å². The van der Waals surface area contributed by atoms with Gasteiger partial charge in [-0.1, -0.05) is 77.6 Å². The molecule has 0 bridgehead atoms. The lowest BCUT2D eigenvalue weighted by molar-refractivity contribution is 0.207. The lowest BCUT2D eigenvalue weighted by Gasteiger charge is -2.12. The molecule has 0 aromatic heterocycles. The van der Waals surface area contributed by atoms with Gasteiger partial charge in [0.25, 0.3) is 0 Å². The summed E-state index contributed by atoms with van der Waals surface area (Å²) in [6.07, 6.45) is 15.7. The maximum atomic E-state index is 10.7. The van der Waals surface area contributed by atoms with Gasteiger partial charge in [-0.25, -0.2) is 10.6 Å². The highest BCUT2D eigenvalue weighted by Gasteiger charge is 2.01. The van der Waals surface area contributed by atoms with Gasteiger partial charge in [0.05, 0.1) is 0 Å². The van der Waals surface area contributed by atoms with E-state index in [0.717, 1.165) is 17.9 Å². The van der Waals surface area contributed by atoms with Crippen molar-refractivity contribution < 1.29 is 4.79 Å². The number of carbonyl (C=O) groups excluding carboxylic acids is 1. The molecule has 0 unspecified atom stereocenters. The second kappa shape index (κ2) is 13.7. The number of nitrogens with zero attached hydrogens (tertiary/aromatic N) is 1. The Kier molecular flexibility index (Phi) is 13.1. The molecule has 0 aliphatic heterocycles. The van der Waals surface area contributed by atoms with Gasteiger partial charge >= 0.3 is 6.03 Å². The molecule has 0 aromatic carbocycles. The van der Waals surface area contributed by atoms with Gasteiger partial charge in [-0.05, 0) is 6.42 Å². The molecule has 0 fully saturated rings. The van der Waals surface area contributed by atoms with Crippen LogP contribution in [0.25, 0.3) is 0 Å². The van der Waals surface area contributed by atoms with Crippen LogP contribution >= 0.6 is 0 Å². The number of urea groups is 1. The van der Waals surface area contributed by atoms with Crippen LogP contribution in [0.15, 0.2) is 0 Å². The first-order valence-electron chi connectivity index (χ1n) is 8.00. The van der Waals surface area contributed by atoms with Crippen molar-refractivity contribution in [1.82, 2.24) is 5.01 Å². The first kappa shape index (κ1) is 18.2. The van der Waals surface area contributed by atoms with Gasteiger partial charge in [0, 0.05) is 6.54 Å². The van der Waals surface area contributed by atoms with Gasteiger partial charge in [-0.15, -0.1) is 0 Å². The number of hydrazine groups is 1. The van der Waals surface area contributed by atoms with Crippen LogP contribution < -0.4 is 11.6 Å². The summed E-state index contributed by atoms with van der Waals surface area (Å²) < 4.78 is 0. The number of hydrogen-bond donors (Lipinski definition) is 2. The van der Waals surface area contributed by atoms with E-state index in [4.69, 9.17) is 11.6 Å². The van der Waals surface area contributed by atoms with E-state index in [9.17, 15) is 4.79 Å². The number of hydrogen-bond acceptors (Lipinski definition) is 2. The number of nitrogens with two attached hydrogens (primary N) is 2. The van der Waals surface area contributed by atoms with Crippen molar-refractivity contribution in [1.29, 1.82) is 0 Å². The van der Waals surface area contributed by atoms with Crippen LogP contribution in [0.5, 0.6) is 0 Å². The van der Waals surface area contributed by atoms with Crippen molar-refractivity contribution in [3.63, 3.8) is 0 Å². The number of primary amides is 1. The van der Waals surface area contributed by atoms with Gasteiger partial charge in [-0.3, -0.25) is 5.01 Å². The Morgan fingerprint density at radius 1 is 0.789 bits per heavy atom. The van der Waals surface area contributed by atoms with Gasteiger partial charge in [0.1, 0.15) is 0 Å². The third-order valence-corrected chi connectivity index (χ3v) is 3.54. The van der Waals surface area contributed by atoms with E-state index < -0.39 is 6.03 Å². The Bertz CT molecular complexity index is 210. The third-order valence-electron chi connectivity index (χ3n) is 3.54. The van der Waals surface area contributed by atoms with Crippen LogP contribution in [-0.4, -0.2) is 17.6 Å². The molecule has 114 valence electrons. The van der Waals surface area contributed by atoms with Gasteiger partial charge in [0.15, 0.2) is 0 Å². The van der Waals surface area contributed by atoms with E-state index in [2.05, 4.69) is 6.92 Å². The number of carbonyl (C=O) groups is 1. The van der Waals surface area contributed by atoms with Crippen molar-refractivity contribution in [3.8, 4) is 0 Å². The summed E-state index contributed by atoms with van der Waals surface area (Å²) in [4.78, 5) is 10.7. The summed E-state index contributed by atoms with van der Waals surface area (Å²) >= 11 is 0. The topological polar surface area (TPSA) is 72.3 Å². The molecule has 0 spiro atoms. The maximum Gasteiger partial charge on any atom is 0.328 e. The quantitative estimate of drug-likeness (QED) is 0.230. The molecule has 4 N–H and O–H groups in total. The molecule has 0 atom stereocenters. The maximum absolute atomic E-state index is 10.7. The minimum Gasteiger partial charge on any atom is -0.350 e. The van der Waals surface area contributed by atoms with Crippen molar-refractivity contribution in [2.75, 3.05) is 6.54 Å². The fourth-order valence-electron chi connectivity index (χ4n) is 2.23. The molecule has 0 radical (unpaired) electrons. The van der Waals surface area contributed by atoms with Crippen molar-refractivity contribution in [2.24, 2.45) is 11.6 Å². The van der Waals surface area contributed by atoms with Crippen LogP contribution in [0.1, 0.15) is 84.0 Å². The summed E-state index contributed by atoms with van der Waals surface area (Å²) in [5.41, 5.74) is 5.04. The van der Waals surface area contributed by atoms with Crippen LogP contribution in [-0.2, 0) is 0 Å². The van der Waals surface area contributed by atoms with Crippen LogP contribution in [0.2, 0.25) is 0 Å². The molecule has 2 amide bonds. The molecule has 0 heterocycles. The summed E-state index contributed by atoms with van der Waals surface area (Å²) in [6.45, 7) is 2.83. The Labute approximate surface area is 118 Å². The van der Waals surface area contributed by atoms with Crippen molar-refractivity contribution in [2.45, 2.75) is 84.0 Å². The van der Waals surface area contributed by atoms with Crippen LogP contribution in [0.3, 0.4) is 0 Å². The molecular formula is C15H33N3O. The normalized spacial score (nSPS) is 10.6. The molecule has 0 aliphatic rings. The SMILES string of the molecule is CCCCCCCCCCCCCCN(N)C(N)=O. The first-order chi connectivity index (χ1) is 9.18. The highest BCUT2D eigenvalue weighted by atomic mass is 16.2. The minimum absolute atomic E-state index is 0.539. The largest absolute Gasteiger partial charge is 0.350 e. The number of unbranched alkanes of at least 4 members (excludes halogenated alkanes) is 11. The fourth-order valence-corrected chi connectivity index (χ4v) is 2.23. The highest BCUT2D eigenvalue weighted by molar-refractivity contribution is 5.71. The van der Waals surface area contributed by atoms with Crippen LogP contribution in [0.4, 0.5) is 4.79 Å². The summed E-state index contributed by atoms with van der Waals surface area (Å²) in [7, 11) is 0. The van der Waals surface area contributed by atoms with Crippen molar-refractivity contribution >= 4 is 6.03 Å². The zero-order valence-electron chi connectivity index (χ0n) is 12.7. The van der Waals surface area contributed by atoms with E-state index >= 15 is 0 Å². The molecule has 0 saturated heterocycles. The number of rotatable bonds is 13. The lowest BCUT2D eigenvalue weighted by atomic mass is 10.1. The predicted octanol–water partition coefficient (Wildman–Crippen LogP) is 3.94. The predicted molar refractivity (Wildman–Crippen MR) is 81.6 cm³/mol. The Balaban J connectivity index is 3.05. The Hall–Kier alpha value is -0.770. The highest BCUT2D eigenvalue weighted by Crippen LogP contribution is 2.11. The number of amides is 2. The first-order valence-corrected chi connectivity index (χ1v) is 8.00. The third kappa shape index (κ3) is 13.5. The second-order valence-electron chi connectivity index (χ2n) is 5.42. The van der Waals surface area contributed by atoms with E-state index in [1.807, 2.05) is 0 Å². The Morgan fingerprint density at radius 3 is 1.53 bits per heavy atom. The molecule has 0 aromatic rings. The zero-order chi connectivity index (χ0) is 14.3. The van der Waals surface area contributed by atoms with Gasteiger partial charge in [-0.2, -0.15) is 0 Å². The average molecular weight is 271 g/mol. The Morgan fingerprint density at radius 2 is 1.16 bits per heavy atom. The van der Waals surface area contributed by atoms with Crippen LogP contribution in [0, 0.1) is 0 Å². The summed E-state index contributed by atoms with van der Waals surface area (Å²) in [5.74, 6) is 5.41. The van der Waals surface area contributed by atoms with E-state index in [1.165, 1.54) is 64.2 Å². The zero-order valence-corrected chi connectivity index (χ0v) is 12.7. The molecule has 0 saturated carbocycles. The minimum atomic E-state index is -0.539. The molecule has 4 nitrogen and oxygen atoms in total. The van der Waals surface area contributed by atoms with E-state index in [0.29, 0.717) is 6.54 Å². The smallest absolute Gasteiger partial charge is 0.328 e. The fraction of sp³-hybridized carbons (Fsp3) is 0.933. The van der Waals surface area contributed by atoms with Crippen molar-refractivity contribution in [3.05, 3.63) is 0 Å². The average Bonchev–Trinajstić information content (AvgIpc) is 2.39. The lowest BCUT2D eigenvalue weighted by Crippen LogP contribution is -2.41. The van der Waals surface area contributed by atoms with E-state index in [-0.39, 0.29) is 0 Å². The standard InChI is InChI=1S/C15H33N3O/c1-2-3-4-5-6-7-8-9-10-11-12-13-14-18(17)15(16)19/h2-14,17H2,1H3,(H2,16,19).